The van der Waals surface area contributed by atoms with E-state index in [0.717, 1.165) is 59.9 Å². The number of pyridine rings is 2. The molecule has 4 aromatic heterocycles. The molecule has 2 aliphatic heterocycles. The van der Waals surface area contributed by atoms with Crippen molar-refractivity contribution in [3.63, 3.8) is 0 Å². The Labute approximate surface area is 257 Å². The molecular weight excluding hydrogens is 586 g/mol. The number of ether oxygens (including phenoxy) is 3. The molecule has 6 heterocycles. The summed E-state index contributed by atoms with van der Waals surface area (Å²) in [5, 5.41) is 4.33. The largest absolute Gasteiger partial charge is 0.443 e. The van der Waals surface area contributed by atoms with Crippen LogP contribution in [0.25, 0.3) is 22.6 Å². The topological polar surface area (TPSA) is 133 Å². The number of nitrogens with one attached hydrogen (secondary N) is 1. The summed E-state index contributed by atoms with van der Waals surface area (Å²) in [6.07, 6.45) is 5.28. The van der Waals surface area contributed by atoms with Crippen molar-refractivity contribution in [1.82, 2.24) is 34.6 Å². The number of piperidine rings is 1. The number of aromatic nitrogens is 6. The van der Waals surface area contributed by atoms with Crippen LogP contribution in [0.5, 0.6) is 11.5 Å². The highest BCUT2D eigenvalue weighted by Gasteiger charge is 2.42. The molecule has 0 aliphatic carbocycles. The number of hydrogen-bond donors (Lipinski definition) is 1. The van der Waals surface area contributed by atoms with E-state index >= 15 is 0 Å². The van der Waals surface area contributed by atoms with Gasteiger partial charge in [-0.15, -0.1) is 0 Å². The molecule has 1 aromatic carbocycles. The SMILES string of the molecule is COC(C)Cn1c(CN2CCC(c3cccc4c3O[C@@](C)(c3ccc(Cl)cn3)O4)CC2)nc2cc(-c3noc(=O)[nH]3)ncc21. The normalized spacial score (nSPS) is 19.5. The minimum atomic E-state index is -1.01. The molecule has 2 atom stereocenters. The first-order chi connectivity index (χ1) is 21.3. The van der Waals surface area contributed by atoms with E-state index in [1.54, 1.807) is 25.6 Å². The number of para-hydroxylation sites is 1. The van der Waals surface area contributed by atoms with E-state index in [2.05, 4.69) is 40.2 Å². The van der Waals surface area contributed by atoms with E-state index < -0.39 is 11.5 Å². The zero-order valence-corrected chi connectivity index (χ0v) is 25.4. The van der Waals surface area contributed by atoms with Crippen LogP contribution in [0.2, 0.25) is 5.02 Å². The molecule has 0 radical (unpaired) electrons. The van der Waals surface area contributed by atoms with Crippen molar-refractivity contribution in [3.05, 3.63) is 81.4 Å². The number of methoxy groups -OCH3 is 1. The number of nitrogens with zero attached hydrogens (tertiary/aromatic N) is 6. The first-order valence-electron chi connectivity index (χ1n) is 14.6. The van der Waals surface area contributed by atoms with Crippen molar-refractivity contribution in [2.75, 3.05) is 20.2 Å². The third-order valence-electron chi connectivity index (χ3n) is 8.43. The van der Waals surface area contributed by atoms with Gasteiger partial charge >= 0.3 is 5.76 Å². The maximum Gasteiger partial charge on any atom is 0.439 e. The Morgan fingerprint density at radius 3 is 2.73 bits per heavy atom. The summed E-state index contributed by atoms with van der Waals surface area (Å²) < 4.78 is 25.2. The minimum Gasteiger partial charge on any atom is -0.443 e. The third kappa shape index (κ3) is 5.33. The summed E-state index contributed by atoms with van der Waals surface area (Å²) in [5.74, 6) is 1.40. The van der Waals surface area contributed by atoms with Gasteiger partial charge in [-0.3, -0.25) is 24.4 Å². The summed E-state index contributed by atoms with van der Waals surface area (Å²) >= 11 is 6.05. The fourth-order valence-corrected chi connectivity index (χ4v) is 6.13. The highest BCUT2D eigenvalue weighted by atomic mass is 35.5. The summed E-state index contributed by atoms with van der Waals surface area (Å²) in [5.41, 5.74) is 3.97. The van der Waals surface area contributed by atoms with E-state index in [1.807, 2.05) is 38.1 Å². The van der Waals surface area contributed by atoms with Gasteiger partial charge in [0.1, 0.15) is 17.2 Å². The lowest BCUT2D eigenvalue weighted by atomic mass is 9.88. The second kappa shape index (κ2) is 11.3. The van der Waals surface area contributed by atoms with Crippen LogP contribution >= 0.6 is 11.6 Å². The second-order valence-corrected chi connectivity index (χ2v) is 11.9. The van der Waals surface area contributed by atoms with Crippen molar-refractivity contribution >= 4 is 22.6 Å². The van der Waals surface area contributed by atoms with Crippen LogP contribution in [0.15, 0.2) is 58.1 Å². The fourth-order valence-electron chi connectivity index (χ4n) is 6.02. The molecule has 12 nitrogen and oxygen atoms in total. The minimum absolute atomic E-state index is 0.0142. The number of halogens is 1. The van der Waals surface area contributed by atoms with Gasteiger partial charge in [0.05, 0.1) is 41.4 Å². The molecule has 5 aromatic rings. The van der Waals surface area contributed by atoms with Crippen LogP contribution in [0, 0.1) is 0 Å². The van der Waals surface area contributed by atoms with E-state index in [-0.39, 0.29) is 11.9 Å². The zero-order chi connectivity index (χ0) is 30.4. The predicted molar refractivity (Wildman–Crippen MR) is 162 cm³/mol. The number of hydrogen-bond acceptors (Lipinski definition) is 10. The molecular formula is C31H32ClN7O5. The lowest BCUT2D eigenvalue weighted by Gasteiger charge is -2.32. The van der Waals surface area contributed by atoms with Crippen molar-refractivity contribution in [1.29, 1.82) is 0 Å². The number of likely N-dealkylation sites (tertiary alicyclic amines) is 1. The fraction of sp³-hybridized carbons (Fsp3) is 0.387. The Morgan fingerprint density at radius 2 is 2.00 bits per heavy atom. The molecule has 0 saturated carbocycles. The number of rotatable bonds is 8. The monoisotopic (exact) mass is 617 g/mol. The Kier molecular flexibility index (Phi) is 7.35. The number of H-pyrrole nitrogens is 1. The third-order valence-corrected chi connectivity index (χ3v) is 8.66. The summed E-state index contributed by atoms with van der Waals surface area (Å²) in [6, 6.07) is 11.6. The summed E-state index contributed by atoms with van der Waals surface area (Å²) in [4.78, 5) is 30.4. The van der Waals surface area contributed by atoms with E-state index in [1.165, 1.54) is 0 Å². The van der Waals surface area contributed by atoms with Gasteiger partial charge in [0.25, 0.3) is 5.79 Å². The highest BCUT2D eigenvalue weighted by molar-refractivity contribution is 6.30. The van der Waals surface area contributed by atoms with Gasteiger partial charge in [-0.25, -0.2) is 9.78 Å². The van der Waals surface area contributed by atoms with E-state index in [0.29, 0.717) is 35.4 Å². The first-order valence-corrected chi connectivity index (χ1v) is 15.0. The number of benzene rings is 1. The molecule has 13 heteroatoms. The van der Waals surface area contributed by atoms with Gasteiger partial charge in [-0.05, 0) is 63.0 Å². The molecule has 1 N–H and O–H groups in total. The molecule has 228 valence electrons. The van der Waals surface area contributed by atoms with Crippen LogP contribution in [0.3, 0.4) is 0 Å². The predicted octanol–water partition coefficient (Wildman–Crippen LogP) is 4.88. The van der Waals surface area contributed by atoms with Crippen LogP contribution in [-0.4, -0.2) is 60.9 Å². The standard InChI is InChI=1S/C31H32ClN7O5/c1-18(41-3)16-39-24-15-33-23(29-36-30(40)44-37-29)13-22(24)35-27(39)17-38-11-9-19(10-12-38)21-5-4-6-25-28(21)43-31(2,42-25)26-8-7-20(32)14-34-26/h4-8,13-15,18-19H,9-12,16-17H2,1-3H3,(H,36,37,40)/t18?,31-/m0/s1. The molecule has 2 aliphatic rings. The zero-order valence-electron chi connectivity index (χ0n) is 24.6. The van der Waals surface area contributed by atoms with Crippen LogP contribution in [0.4, 0.5) is 0 Å². The van der Waals surface area contributed by atoms with Crippen molar-refractivity contribution in [3.8, 4) is 23.0 Å². The second-order valence-electron chi connectivity index (χ2n) is 11.4. The summed E-state index contributed by atoms with van der Waals surface area (Å²) in [7, 11) is 1.70. The van der Waals surface area contributed by atoms with Gasteiger partial charge in [-0.2, -0.15) is 0 Å². The molecule has 7 rings (SSSR count). The molecule has 0 amide bonds. The van der Waals surface area contributed by atoms with E-state index in [4.69, 9.17) is 30.8 Å². The Morgan fingerprint density at radius 1 is 1.16 bits per heavy atom. The molecule has 0 bridgehead atoms. The van der Waals surface area contributed by atoms with Crippen molar-refractivity contribution in [2.24, 2.45) is 0 Å². The van der Waals surface area contributed by atoms with Crippen LogP contribution in [-0.2, 0) is 23.6 Å². The van der Waals surface area contributed by atoms with Crippen LogP contribution in [0.1, 0.15) is 49.7 Å². The lowest BCUT2D eigenvalue weighted by molar-refractivity contribution is -0.0722. The van der Waals surface area contributed by atoms with Gasteiger partial charge in [0.2, 0.25) is 5.82 Å². The molecule has 1 unspecified atom stereocenters. The highest BCUT2D eigenvalue weighted by Crippen LogP contribution is 2.49. The summed E-state index contributed by atoms with van der Waals surface area (Å²) in [6.45, 7) is 7.03. The molecule has 1 fully saturated rings. The average Bonchev–Trinajstić information content (AvgIpc) is 3.72. The lowest BCUT2D eigenvalue weighted by Crippen LogP contribution is -2.34. The maximum absolute atomic E-state index is 11.5. The van der Waals surface area contributed by atoms with Crippen molar-refractivity contribution < 1.29 is 18.7 Å². The Hall–Kier alpha value is -4.26. The molecule has 0 spiro atoms. The first kappa shape index (κ1) is 28.5. The Balaban J connectivity index is 1.08. The van der Waals surface area contributed by atoms with Gasteiger partial charge in [0, 0.05) is 25.8 Å². The molecule has 44 heavy (non-hydrogen) atoms. The van der Waals surface area contributed by atoms with E-state index in [9.17, 15) is 4.79 Å². The van der Waals surface area contributed by atoms with Gasteiger partial charge in [-0.1, -0.05) is 28.9 Å². The van der Waals surface area contributed by atoms with Crippen LogP contribution < -0.4 is 15.2 Å². The van der Waals surface area contributed by atoms with Gasteiger partial charge < -0.3 is 18.8 Å². The number of fused-ring (bicyclic) bond motifs is 2. The quantitative estimate of drug-likeness (QED) is 0.257. The molecule has 1 saturated heterocycles. The Bertz CT molecular complexity index is 1860. The van der Waals surface area contributed by atoms with Gasteiger partial charge in [0.15, 0.2) is 11.5 Å². The number of imidazole rings is 1. The average molecular weight is 618 g/mol. The van der Waals surface area contributed by atoms with Crippen molar-refractivity contribution in [2.45, 2.75) is 57.6 Å². The smallest absolute Gasteiger partial charge is 0.439 e. The maximum atomic E-state index is 11.5. The number of aromatic amines is 1.